The van der Waals surface area contributed by atoms with E-state index in [1.807, 2.05) is 11.0 Å². The predicted molar refractivity (Wildman–Crippen MR) is 104 cm³/mol. The number of hydrogen-bond donors (Lipinski definition) is 2. The van der Waals surface area contributed by atoms with Gasteiger partial charge in [0.1, 0.15) is 11.6 Å². The number of nitrogens with zero attached hydrogens (tertiary/aromatic N) is 3. The summed E-state index contributed by atoms with van der Waals surface area (Å²) in [5, 5.41) is 13.1. The molecule has 6 rings (SSSR count). The highest BCUT2D eigenvalue weighted by molar-refractivity contribution is 5.78. The fraction of sp³-hybridized carbons (Fsp3) is 0.714. The van der Waals surface area contributed by atoms with Gasteiger partial charge in [-0.05, 0) is 68.4 Å². The predicted octanol–water partition coefficient (Wildman–Crippen LogP) is 1.99. The average molecular weight is 370 g/mol. The van der Waals surface area contributed by atoms with Crippen molar-refractivity contribution in [1.82, 2.24) is 15.2 Å². The fourth-order valence-corrected chi connectivity index (χ4v) is 6.45. The largest absolute Gasteiger partial charge is 0.506 e. The van der Waals surface area contributed by atoms with Crippen molar-refractivity contribution in [3.8, 4) is 5.75 Å². The van der Waals surface area contributed by atoms with Gasteiger partial charge in [0.25, 0.3) is 0 Å². The summed E-state index contributed by atoms with van der Waals surface area (Å²) in [6, 6.07) is 3.50. The molecule has 2 heterocycles. The van der Waals surface area contributed by atoms with Crippen molar-refractivity contribution in [3.63, 3.8) is 0 Å². The van der Waals surface area contributed by atoms with Gasteiger partial charge in [0, 0.05) is 31.7 Å². The third-order valence-electron chi connectivity index (χ3n) is 7.34. The minimum absolute atomic E-state index is 0.184. The second-order valence-electron chi connectivity index (χ2n) is 9.29. The maximum Gasteiger partial charge on any atom is 0.236 e. The number of piperazine rings is 1. The Morgan fingerprint density at radius 2 is 1.70 bits per heavy atom. The second-order valence-corrected chi connectivity index (χ2v) is 9.29. The van der Waals surface area contributed by atoms with Gasteiger partial charge in [0.05, 0.1) is 12.7 Å². The molecule has 0 unspecified atom stereocenters. The molecule has 6 nitrogen and oxygen atoms in total. The maximum atomic E-state index is 12.8. The van der Waals surface area contributed by atoms with Gasteiger partial charge in [-0.15, -0.1) is 0 Å². The summed E-state index contributed by atoms with van der Waals surface area (Å²) >= 11 is 0. The van der Waals surface area contributed by atoms with Crippen LogP contribution in [0.15, 0.2) is 18.3 Å². The van der Waals surface area contributed by atoms with E-state index in [0.717, 1.165) is 49.8 Å². The molecular weight excluding hydrogens is 340 g/mol. The average Bonchev–Trinajstić information content (AvgIpc) is 2.66. The minimum Gasteiger partial charge on any atom is -0.506 e. The second kappa shape index (κ2) is 6.66. The zero-order valence-corrected chi connectivity index (χ0v) is 15.9. The third-order valence-corrected chi connectivity index (χ3v) is 7.34. The monoisotopic (exact) mass is 370 g/mol. The van der Waals surface area contributed by atoms with E-state index in [9.17, 15) is 9.90 Å². The Morgan fingerprint density at radius 1 is 1.07 bits per heavy atom. The summed E-state index contributed by atoms with van der Waals surface area (Å²) in [4.78, 5) is 21.2. The highest BCUT2D eigenvalue weighted by Gasteiger charge is 2.50. The number of pyridine rings is 1. The highest BCUT2D eigenvalue weighted by atomic mass is 16.3. The van der Waals surface area contributed by atoms with Crippen molar-refractivity contribution in [1.29, 1.82) is 0 Å². The molecule has 1 aromatic rings. The van der Waals surface area contributed by atoms with E-state index in [0.29, 0.717) is 6.54 Å². The van der Waals surface area contributed by atoms with E-state index in [-0.39, 0.29) is 17.2 Å². The van der Waals surface area contributed by atoms with E-state index in [1.54, 1.807) is 6.07 Å². The Balaban J connectivity index is 1.13. The molecule has 1 aromatic heterocycles. The Hall–Kier alpha value is -1.82. The van der Waals surface area contributed by atoms with Crippen LogP contribution in [0.3, 0.4) is 0 Å². The Kier molecular flexibility index (Phi) is 4.26. The normalized spacial score (nSPS) is 34.9. The smallest absolute Gasteiger partial charge is 0.236 e. The van der Waals surface area contributed by atoms with E-state index >= 15 is 0 Å². The molecule has 1 aliphatic heterocycles. The summed E-state index contributed by atoms with van der Waals surface area (Å²) in [6.07, 6.45) is 9.63. The van der Waals surface area contributed by atoms with E-state index in [1.165, 1.54) is 44.7 Å². The van der Waals surface area contributed by atoms with Crippen LogP contribution in [0.1, 0.15) is 38.5 Å². The van der Waals surface area contributed by atoms with Crippen molar-refractivity contribution >= 4 is 11.7 Å². The molecule has 5 fully saturated rings. The number of aromatic nitrogens is 1. The summed E-state index contributed by atoms with van der Waals surface area (Å²) < 4.78 is 0. The standard InChI is InChI=1S/C21H30N4O2/c26-18-1-2-19(22-13-18)24-3-5-25(6-4-24)20(27)14-23-21-10-15-7-16(11-21)9-17(8-15)12-21/h1-2,13,15-17,23,26H,3-12,14H2. The number of nitrogens with one attached hydrogen (secondary N) is 1. The van der Waals surface area contributed by atoms with E-state index in [4.69, 9.17) is 0 Å². The molecule has 6 heteroatoms. The fourth-order valence-electron chi connectivity index (χ4n) is 6.45. The quantitative estimate of drug-likeness (QED) is 0.848. The molecule has 4 saturated carbocycles. The third kappa shape index (κ3) is 3.40. The number of rotatable bonds is 4. The Morgan fingerprint density at radius 3 is 2.26 bits per heavy atom. The molecule has 0 spiro atoms. The molecule has 146 valence electrons. The van der Waals surface area contributed by atoms with Crippen LogP contribution < -0.4 is 10.2 Å². The van der Waals surface area contributed by atoms with Crippen molar-refractivity contribution in [2.24, 2.45) is 17.8 Å². The van der Waals surface area contributed by atoms with Gasteiger partial charge < -0.3 is 20.2 Å². The Bertz CT molecular complexity index is 661. The first-order chi connectivity index (χ1) is 13.1. The van der Waals surface area contributed by atoms with Gasteiger partial charge in [-0.25, -0.2) is 4.98 Å². The molecule has 2 N–H and O–H groups in total. The highest BCUT2D eigenvalue weighted by Crippen LogP contribution is 2.55. The summed E-state index contributed by atoms with van der Waals surface area (Å²) in [5.41, 5.74) is 0.252. The Labute approximate surface area is 160 Å². The molecule has 0 aromatic carbocycles. The first-order valence-electron chi connectivity index (χ1n) is 10.5. The van der Waals surface area contributed by atoms with Crippen molar-refractivity contribution in [2.75, 3.05) is 37.6 Å². The molecule has 27 heavy (non-hydrogen) atoms. The van der Waals surface area contributed by atoms with Crippen molar-refractivity contribution < 1.29 is 9.90 Å². The van der Waals surface area contributed by atoms with Crippen LogP contribution >= 0.6 is 0 Å². The van der Waals surface area contributed by atoms with E-state index < -0.39 is 0 Å². The van der Waals surface area contributed by atoms with Gasteiger partial charge in [-0.2, -0.15) is 0 Å². The summed E-state index contributed by atoms with van der Waals surface area (Å²) in [6.45, 7) is 3.55. The van der Waals surface area contributed by atoms with Crippen LogP contribution in [-0.2, 0) is 4.79 Å². The molecule has 1 amide bonds. The molecule has 5 aliphatic rings. The molecule has 0 atom stereocenters. The number of aromatic hydroxyl groups is 1. The van der Waals surface area contributed by atoms with Crippen molar-refractivity contribution in [2.45, 2.75) is 44.1 Å². The van der Waals surface area contributed by atoms with Gasteiger partial charge in [-0.1, -0.05) is 0 Å². The van der Waals surface area contributed by atoms with Crippen LogP contribution in [0.25, 0.3) is 0 Å². The lowest BCUT2D eigenvalue weighted by Gasteiger charge is -2.57. The molecule has 0 radical (unpaired) electrons. The van der Waals surface area contributed by atoms with Gasteiger partial charge in [0.2, 0.25) is 5.91 Å². The van der Waals surface area contributed by atoms with Gasteiger partial charge in [0.15, 0.2) is 0 Å². The summed E-state index contributed by atoms with van der Waals surface area (Å²) in [7, 11) is 0. The van der Waals surface area contributed by atoms with Gasteiger partial charge in [-0.3, -0.25) is 4.79 Å². The first kappa shape index (κ1) is 17.3. The lowest BCUT2D eigenvalue weighted by molar-refractivity contribution is -0.131. The minimum atomic E-state index is 0.184. The van der Waals surface area contributed by atoms with Crippen LogP contribution in [-0.4, -0.2) is 59.2 Å². The summed E-state index contributed by atoms with van der Waals surface area (Å²) in [5.74, 6) is 4.00. The van der Waals surface area contributed by atoms with Crippen LogP contribution in [0, 0.1) is 17.8 Å². The number of amides is 1. The topological polar surface area (TPSA) is 68.7 Å². The lowest BCUT2D eigenvalue weighted by Crippen LogP contribution is -2.60. The van der Waals surface area contributed by atoms with Gasteiger partial charge >= 0.3 is 0 Å². The van der Waals surface area contributed by atoms with Crippen LogP contribution in [0.5, 0.6) is 5.75 Å². The molecule has 4 bridgehead atoms. The number of carbonyl (C=O) groups is 1. The first-order valence-corrected chi connectivity index (χ1v) is 10.5. The maximum absolute atomic E-state index is 12.8. The number of carbonyl (C=O) groups excluding carboxylic acids is 1. The molecule has 1 saturated heterocycles. The van der Waals surface area contributed by atoms with Crippen LogP contribution in [0.2, 0.25) is 0 Å². The molecular formula is C21H30N4O2. The molecule has 4 aliphatic carbocycles. The SMILES string of the molecule is O=C(CNC12CC3CC(CC(C3)C1)C2)N1CCN(c2ccc(O)cn2)CC1. The van der Waals surface area contributed by atoms with Crippen molar-refractivity contribution in [3.05, 3.63) is 18.3 Å². The zero-order valence-electron chi connectivity index (χ0n) is 15.9. The van der Waals surface area contributed by atoms with E-state index in [2.05, 4.69) is 15.2 Å². The lowest BCUT2D eigenvalue weighted by atomic mass is 9.53. The zero-order chi connectivity index (χ0) is 18.4. The number of hydrogen-bond acceptors (Lipinski definition) is 5. The number of anilines is 1. The van der Waals surface area contributed by atoms with Crippen LogP contribution in [0.4, 0.5) is 5.82 Å².